The van der Waals surface area contributed by atoms with Gasteiger partial charge in [0, 0.05) is 13.0 Å². The van der Waals surface area contributed by atoms with Crippen LogP contribution in [0.1, 0.15) is 31.9 Å². The van der Waals surface area contributed by atoms with Gasteiger partial charge in [0.25, 0.3) is 0 Å². The molecule has 2 rings (SSSR count). The maximum absolute atomic E-state index is 10.5. The van der Waals surface area contributed by atoms with E-state index in [1.807, 2.05) is 31.2 Å². The molecule has 112 valence electrons. The van der Waals surface area contributed by atoms with Crippen molar-refractivity contribution in [3.63, 3.8) is 0 Å². The predicted molar refractivity (Wildman–Crippen MR) is 83.4 cm³/mol. The molecule has 5 nitrogen and oxygen atoms in total. The summed E-state index contributed by atoms with van der Waals surface area (Å²) in [5.41, 5.74) is 2.66. The summed E-state index contributed by atoms with van der Waals surface area (Å²) in [6.45, 7) is 4.79. The first-order valence-corrected chi connectivity index (χ1v) is 7.25. The predicted octanol–water partition coefficient (Wildman–Crippen LogP) is 3.24. The SMILES string of the molecule is Cc1nc2ccccc2nc1NCCC(C)CCC(=O)O. The van der Waals surface area contributed by atoms with Crippen molar-refractivity contribution in [1.82, 2.24) is 9.97 Å². The topological polar surface area (TPSA) is 75.1 Å². The third kappa shape index (κ3) is 4.41. The number of aryl methyl sites for hydroxylation is 1. The van der Waals surface area contributed by atoms with E-state index in [9.17, 15) is 4.79 Å². The largest absolute Gasteiger partial charge is 0.481 e. The second-order valence-corrected chi connectivity index (χ2v) is 5.40. The molecule has 0 aliphatic carbocycles. The zero-order valence-corrected chi connectivity index (χ0v) is 12.5. The Morgan fingerprint density at radius 3 is 2.57 bits per heavy atom. The summed E-state index contributed by atoms with van der Waals surface area (Å²) in [7, 11) is 0. The summed E-state index contributed by atoms with van der Waals surface area (Å²) in [6.07, 6.45) is 1.86. The van der Waals surface area contributed by atoms with E-state index in [1.54, 1.807) is 0 Å². The van der Waals surface area contributed by atoms with Crippen molar-refractivity contribution >= 4 is 22.8 Å². The molecule has 1 aromatic heterocycles. The van der Waals surface area contributed by atoms with Crippen LogP contribution in [0.25, 0.3) is 11.0 Å². The fourth-order valence-electron chi connectivity index (χ4n) is 2.21. The summed E-state index contributed by atoms with van der Waals surface area (Å²) < 4.78 is 0. The number of hydrogen-bond donors (Lipinski definition) is 2. The Bertz CT molecular complexity index is 628. The minimum absolute atomic E-state index is 0.232. The molecular weight excluding hydrogens is 266 g/mol. The van der Waals surface area contributed by atoms with Crippen molar-refractivity contribution in [1.29, 1.82) is 0 Å². The minimum Gasteiger partial charge on any atom is -0.481 e. The van der Waals surface area contributed by atoms with E-state index in [4.69, 9.17) is 5.11 Å². The third-order valence-corrected chi connectivity index (χ3v) is 3.53. The van der Waals surface area contributed by atoms with Gasteiger partial charge >= 0.3 is 5.97 Å². The lowest BCUT2D eigenvalue weighted by Gasteiger charge is -2.12. The van der Waals surface area contributed by atoms with Gasteiger partial charge in [0.2, 0.25) is 0 Å². The fraction of sp³-hybridized carbons (Fsp3) is 0.438. The highest BCUT2D eigenvalue weighted by molar-refractivity contribution is 5.76. The number of nitrogens with one attached hydrogen (secondary N) is 1. The third-order valence-electron chi connectivity index (χ3n) is 3.53. The highest BCUT2D eigenvalue weighted by Crippen LogP contribution is 2.17. The molecule has 1 atom stereocenters. The maximum atomic E-state index is 10.5. The molecule has 0 aliphatic heterocycles. The highest BCUT2D eigenvalue weighted by atomic mass is 16.4. The normalized spacial score (nSPS) is 12.3. The van der Waals surface area contributed by atoms with Crippen LogP contribution in [0.15, 0.2) is 24.3 Å². The molecule has 0 saturated heterocycles. The molecule has 0 spiro atoms. The number of fused-ring (bicyclic) bond motifs is 1. The van der Waals surface area contributed by atoms with E-state index >= 15 is 0 Å². The molecule has 0 aliphatic rings. The zero-order valence-electron chi connectivity index (χ0n) is 12.5. The fourth-order valence-corrected chi connectivity index (χ4v) is 2.21. The molecule has 0 radical (unpaired) electrons. The summed E-state index contributed by atoms with van der Waals surface area (Å²) in [5.74, 6) is 0.451. The maximum Gasteiger partial charge on any atom is 0.303 e. The van der Waals surface area contributed by atoms with Crippen LogP contribution in [0, 0.1) is 12.8 Å². The van der Waals surface area contributed by atoms with Crippen molar-refractivity contribution in [2.24, 2.45) is 5.92 Å². The van der Waals surface area contributed by atoms with Crippen molar-refractivity contribution in [2.75, 3.05) is 11.9 Å². The van der Waals surface area contributed by atoms with Gasteiger partial charge in [-0.3, -0.25) is 4.79 Å². The van der Waals surface area contributed by atoms with Crippen molar-refractivity contribution < 1.29 is 9.90 Å². The molecule has 21 heavy (non-hydrogen) atoms. The molecule has 1 aromatic carbocycles. The smallest absolute Gasteiger partial charge is 0.303 e. The number of anilines is 1. The van der Waals surface area contributed by atoms with Crippen LogP contribution < -0.4 is 5.32 Å². The van der Waals surface area contributed by atoms with Gasteiger partial charge in [0.1, 0.15) is 5.82 Å². The van der Waals surface area contributed by atoms with E-state index < -0.39 is 5.97 Å². The lowest BCUT2D eigenvalue weighted by molar-refractivity contribution is -0.137. The molecule has 1 unspecified atom stereocenters. The van der Waals surface area contributed by atoms with Crippen molar-refractivity contribution in [3.8, 4) is 0 Å². The van der Waals surface area contributed by atoms with Crippen LogP contribution >= 0.6 is 0 Å². The van der Waals surface area contributed by atoms with Crippen LogP contribution in [-0.2, 0) is 4.79 Å². The summed E-state index contributed by atoms with van der Waals surface area (Å²) in [4.78, 5) is 19.6. The van der Waals surface area contributed by atoms with Gasteiger partial charge in [-0.25, -0.2) is 9.97 Å². The van der Waals surface area contributed by atoms with Crippen LogP contribution in [-0.4, -0.2) is 27.6 Å². The number of aliphatic carboxylic acids is 1. The first-order chi connectivity index (χ1) is 10.1. The number of rotatable bonds is 7. The lowest BCUT2D eigenvalue weighted by Crippen LogP contribution is -2.10. The molecule has 0 bridgehead atoms. The van der Waals surface area contributed by atoms with Crippen molar-refractivity contribution in [3.05, 3.63) is 30.0 Å². The Morgan fingerprint density at radius 1 is 1.24 bits per heavy atom. The van der Waals surface area contributed by atoms with Gasteiger partial charge in [-0.05, 0) is 37.8 Å². The second-order valence-electron chi connectivity index (χ2n) is 5.40. The van der Waals surface area contributed by atoms with E-state index in [0.29, 0.717) is 12.3 Å². The quantitative estimate of drug-likeness (QED) is 0.817. The van der Waals surface area contributed by atoms with Crippen LogP contribution in [0.5, 0.6) is 0 Å². The van der Waals surface area contributed by atoms with Crippen molar-refractivity contribution in [2.45, 2.75) is 33.1 Å². The number of carboxylic acid groups (broad SMARTS) is 1. The van der Waals surface area contributed by atoms with Gasteiger partial charge < -0.3 is 10.4 Å². The molecule has 2 N–H and O–H groups in total. The Balaban J connectivity index is 1.91. The van der Waals surface area contributed by atoms with Gasteiger partial charge in [-0.2, -0.15) is 0 Å². The van der Waals surface area contributed by atoms with E-state index in [0.717, 1.165) is 35.5 Å². The zero-order chi connectivity index (χ0) is 15.2. The molecule has 0 fully saturated rings. The van der Waals surface area contributed by atoms with Crippen LogP contribution in [0.3, 0.4) is 0 Å². The molecule has 2 aromatic rings. The molecule has 0 saturated carbocycles. The average Bonchev–Trinajstić information content (AvgIpc) is 2.45. The van der Waals surface area contributed by atoms with Gasteiger partial charge in [0.05, 0.1) is 16.7 Å². The van der Waals surface area contributed by atoms with E-state index in [-0.39, 0.29) is 6.42 Å². The first-order valence-electron chi connectivity index (χ1n) is 7.25. The number of carboxylic acids is 1. The van der Waals surface area contributed by atoms with Crippen LogP contribution in [0.2, 0.25) is 0 Å². The number of nitrogens with zero attached hydrogens (tertiary/aromatic N) is 2. The number of para-hydroxylation sites is 2. The number of carbonyl (C=O) groups is 1. The van der Waals surface area contributed by atoms with E-state index in [2.05, 4.69) is 22.2 Å². The average molecular weight is 287 g/mol. The highest BCUT2D eigenvalue weighted by Gasteiger charge is 2.07. The lowest BCUT2D eigenvalue weighted by atomic mass is 10.0. The number of aromatic nitrogens is 2. The Kier molecular flexibility index (Phi) is 5.09. The van der Waals surface area contributed by atoms with Gasteiger partial charge in [-0.15, -0.1) is 0 Å². The molecule has 1 heterocycles. The molecular formula is C16H21N3O2. The van der Waals surface area contributed by atoms with Gasteiger partial charge in [-0.1, -0.05) is 19.1 Å². The number of hydrogen-bond acceptors (Lipinski definition) is 4. The van der Waals surface area contributed by atoms with Crippen LogP contribution in [0.4, 0.5) is 5.82 Å². The standard InChI is InChI=1S/C16H21N3O2/c1-11(7-8-15(20)21)9-10-17-16-12(2)18-13-5-3-4-6-14(13)19-16/h3-6,11H,7-10H2,1-2H3,(H,17,19)(H,20,21). The number of benzene rings is 1. The summed E-state index contributed by atoms with van der Waals surface area (Å²) in [6, 6.07) is 7.80. The first kappa shape index (κ1) is 15.2. The molecule has 0 amide bonds. The Labute approximate surface area is 124 Å². The minimum atomic E-state index is -0.731. The Hall–Kier alpha value is -2.17. The second kappa shape index (κ2) is 7.02. The summed E-state index contributed by atoms with van der Waals surface area (Å²) in [5, 5.41) is 12.0. The van der Waals surface area contributed by atoms with Gasteiger partial charge in [0.15, 0.2) is 0 Å². The van der Waals surface area contributed by atoms with E-state index in [1.165, 1.54) is 0 Å². The molecule has 5 heteroatoms. The summed E-state index contributed by atoms with van der Waals surface area (Å²) >= 11 is 0. The monoisotopic (exact) mass is 287 g/mol. The Morgan fingerprint density at radius 2 is 1.90 bits per heavy atom.